The summed E-state index contributed by atoms with van der Waals surface area (Å²) in [6, 6.07) is 1.60. The highest BCUT2D eigenvalue weighted by atomic mass is 32.2. The number of nitrogens with zero attached hydrogens (tertiary/aromatic N) is 2. The molecule has 1 fully saturated rings. The minimum Gasteiger partial charge on any atom is -0.328 e. The van der Waals surface area contributed by atoms with E-state index < -0.39 is 31.3 Å². The molecule has 2 unspecified atom stereocenters. The predicted molar refractivity (Wildman–Crippen MR) is 82.9 cm³/mol. The summed E-state index contributed by atoms with van der Waals surface area (Å²) in [5, 5.41) is 11.0. The van der Waals surface area contributed by atoms with Crippen LogP contribution in [0.2, 0.25) is 0 Å². The topological polar surface area (TPSA) is 107 Å². The first-order valence-corrected chi connectivity index (χ1v) is 8.79. The molecule has 2 atom stereocenters. The molecule has 23 heavy (non-hydrogen) atoms. The molecule has 128 valence electrons. The Morgan fingerprint density at radius 3 is 2.70 bits per heavy atom. The molecular weight excluding hydrogens is 325 g/mol. The molecule has 1 saturated heterocycles. The van der Waals surface area contributed by atoms with Crippen LogP contribution in [-0.2, 0) is 10.0 Å². The second kappa shape index (κ2) is 6.50. The van der Waals surface area contributed by atoms with Gasteiger partial charge in [-0.15, -0.1) is 0 Å². The summed E-state index contributed by atoms with van der Waals surface area (Å²) in [4.78, 5) is 9.81. The van der Waals surface area contributed by atoms with Crippen LogP contribution in [0.1, 0.15) is 25.3 Å². The van der Waals surface area contributed by atoms with Crippen molar-refractivity contribution in [2.24, 2.45) is 11.7 Å². The van der Waals surface area contributed by atoms with Crippen molar-refractivity contribution >= 4 is 15.7 Å². The van der Waals surface area contributed by atoms with Gasteiger partial charge in [0.1, 0.15) is 5.82 Å². The van der Waals surface area contributed by atoms with Gasteiger partial charge in [-0.25, -0.2) is 12.8 Å². The number of nitro benzene ring substituents is 1. The number of sulfonamides is 1. The largest absolute Gasteiger partial charge is 0.328 e. The Kier molecular flexibility index (Phi) is 5.02. The van der Waals surface area contributed by atoms with Gasteiger partial charge >= 0.3 is 0 Å². The SMILES string of the molecule is Cc1c(F)cc(S(=O)(=O)N2CCCC(C(C)N)C2)cc1[N+](=O)[O-]. The predicted octanol–water partition coefficient (Wildman–Crippen LogP) is 1.79. The molecule has 1 aliphatic rings. The second-order valence-corrected chi connectivity index (χ2v) is 7.87. The Labute approximate surface area is 134 Å². The first kappa shape index (κ1) is 17.8. The number of rotatable bonds is 4. The third kappa shape index (κ3) is 3.51. The summed E-state index contributed by atoms with van der Waals surface area (Å²) in [5.41, 5.74) is 5.13. The van der Waals surface area contributed by atoms with E-state index in [1.165, 1.54) is 11.2 Å². The van der Waals surface area contributed by atoms with Crippen LogP contribution in [0.15, 0.2) is 17.0 Å². The lowest BCUT2D eigenvalue weighted by atomic mass is 9.93. The van der Waals surface area contributed by atoms with E-state index in [9.17, 15) is 22.9 Å². The van der Waals surface area contributed by atoms with Gasteiger partial charge in [-0.2, -0.15) is 4.31 Å². The molecule has 0 bridgehead atoms. The van der Waals surface area contributed by atoms with Crippen molar-refractivity contribution in [3.8, 4) is 0 Å². The van der Waals surface area contributed by atoms with Gasteiger partial charge in [-0.05, 0) is 38.7 Å². The average molecular weight is 345 g/mol. The highest BCUT2D eigenvalue weighted by molar-refractivity contribution is 7.89. The number of benzene rings is 1. The maximum Gasteiger partial charge on any atom is 0.276 e. The molecule has 1 aliphatic heterocycles. The van der Waals surface area contributed by atoms with Crippen molar-refractivity contribution in [1.29, 1.82) is 0 Å². The third-order valence-corrected chi connectivity index (χ3v) is 6.13. The monoisotopic (exact) mass is 345 g/mol. The number of piperidine rings is 1. The molecular formula is C14H20FN3O4S. The van der Waals surface area contributed by atoms with Crippen molar-refractivity contribution in [3.05, 3.63) is 33.6 Å². The van der Waals surface area contributed by atoms with Crippen LogP contribution in [0, 0.1) is 28.8 Å². The van der Waals surface area contributed by atoms with Gasteiger partial charge in [0.15, 0.2) is 0 Å². The lowest BCUT2D eigenvalue weighted by Crippen LogP contribution is -2.45. The molecule has 9 heteroatoms. The lowest BCUT2D eigenvalue weighted by molar-refractivity contribution is -0.385. The van der Waals surface area contributed by atoms with Crippen LogP contribution in [0.4, 0.5) is 10.1 Å². The number of nitrogens with two attached hydrogens (primary N) is 1. The van der Waals surface area contributed by atoms with Gasteiger partial charge in [-0.3, -0.25) is 10.1 Å². The standard InChI is InChI=1S/C14H20FN3O4S/c1-9-13(15)6-12(7-14(9)18(19)20)23(21,22)17-5-3-4-11(8-17)10(2)16/h6-7,10-11H,3-5,8,16H2,1-2H3. The summed E-state index contributed by atoms with van der Waals surface area (Å²) in [7, 11) is -3.99. The van der Waals surface area contributed by atoms with Crippen molar-refractivity contribution in [2.45, 2.75) is 37.6 Å². The van der Waals surface area contributed by atoms with Crippen LogP contribution >= 0.6 is 0 Å². The molecule has 0 saturated carbocycles. The second-order valence-electron chi connectivity index (χ2n) is 5.93. The van der Waals surface area contributed by atoms with Gasteiger partial charge < -0.3 is 5.73 Å². The smallest absolute Gasteiger partial charge is 0.276 e. The molecule has 7 nitrogen and oxygen atoms in total. The van der Waals surface area contributed by atoms with Crippen LogP contribution < -0.4 is 5.73 Å². The van der Waals surface area contributed by atoms with Crippen LogP contribution in [0.3, 0.4) is 0 Å². The summed E-state index contributed by atoms with van der Waals surface area (Å²) in [5.74, 6) is -0.887. The fourth-order valence-corrected chi connectivity index (χ4v) is 4.32. The summed E-state index contributed by atoms with van der Waals surface area (Å²) in [6.45, 7) is 3.60. The molecule has 2 rings (SSSR count). The highest BCUT2D eigenvalue weighted by Crippen LogP contribution is 2.29. The number of hydrogen-bond donors (Lipinski definition) is 1. The van der Waals surface area contributed by atoms with Crippen molar-refractivity contribution < 1.29 is 17.7 Å². The fraction of sp³-hybridized carbons (Fsp3) is 0.571. The minimum absolute atomic E-state index is 0.0174. The number of hydrogen-bond acceptors (Lipinski definition) is 5. The maximum atomic E-state index is 13.9. The lowest BCUT2D eigenvalue weighted by Gasteiger charge is -2.33. The first-order chi connectivity index (χ1) is 10.6. The van der Waals surface area contributed by atoms with Gasteiger partial charge in [0.25, 0.3) is 5.69 Å². The number of halogens is 1. The third-order valence-electron chi connectivity index (χ3n) is 4.29. The van der Waals surface area contributed by atoms with Crippen molar-refractivity contribution in [1.82, 2.24) is 4.31 Å². The van der Waals surface area contributed by atoms with Crippen LogP contribution in [-0.4, -0.2) is 36.8 Å². The number of nitro groups is 1. The molecule has 2 N–H and O–H groups in total. The first-order valence-electron chi connectivity index (χ1n) is 7.35. The maximum absolute atomic E-state index is 13.9. The van der Waals surface area contributed by atoms with Crippen LogP contribution in [0.25, 0.3) is 0 Å². The van der Waals surface area contributed by atoms with Gasteiger partial charge in [0.2, 0.25) is 10.0 Å². The Hall–Kier alpha value is -1.58. The Morgan fingerprint density at radius 1 is 1.48 bits per heavy atom. The highest BCUT2D eigenvalue weighted by Gasteiger charge is 2.33. The van der Waals surface area contributed by atoms with E-state index in [2.05, 4.69) is 0 Å². The zero-order chi connectivity index (χ0) is 17.4. The fourth-order valence-electron chi connectivity index (χ4n) is 2.75. The van der Waals surface area contributed by atoms with Gasteiger partial charge in [0.05, 0.1) is 15.4 Å². The van der Waals surface area contributed by atoms with E-state index in [0.29, 0.717) is 13.0 Å². The zero-order valence-electron chi connectivity index (χ0n) is 13.0. The van der Waals surface area contributed by atoms with E-state index in [1.807, 2.05) is 6.92 Å². The zero-order valence-corrected chi connectivity index (χ0v) is 13.8. The summed E-state index contributed by atoms with van der Waals surface area (Å²) < 4.78 is 40.5. The van der Waals surface area contributed by atoms with Crippen molar-refractivity contribution in [3.63, 3.8) is 0 Å². The minimum atomic E-state index is -3.99. The summed E-state index contributed by atoms with van der Waals surface area (Å²) >= 11 is 0. The molecule has 0 amide bonds. The normalized spacial score (nSPS) is 21.1. The van der Waals surface area contributed by atoms with Crippen LogP contribution in [0.5, 0.6) is 0 Å². The Balaban J connectivity index is 2.42. The molecule has 0 spiro atoms. The molecule has 0 radical (unpaired) electrons. The molecule has 0 aromatic heterocycles. The Bertz CT molecular complexity index is 721. The molecule has 1 aromatic rings. The van der Waals surface area contributed by atoms with Gasteiger partial charge in [-0.1, -0.05) is 0 Å². The Morgan fingerprint density at radius 2 is 2.13 bits per heavy atom. The van der Waals surface area contributed by atoms with E-state index in [1.54, 1.807) is 0 Å². The average Bonchev–Trinajstić information content (AvgIpc) is 2.49. The molecule has 1 heterocycles. The van der Waals surface area contributed by atoms with Crippen molar-refractivity contribution in [2.75, 3.05) is 13.1 Å². The van der Waals surface area contributed by atoms with E-state index in [0.717, 1.165) is 18.6 Å². The van der Waals surface area contributed by atoms with E-state index >= 15 is 0 Å². The quantitative estimate of drug-likeness (QED) is 0.661. The van der Waals surface area contributed by atoms with E-state index in [4.69, 9.17) is 5.73 Å². The summed E-state index contributed by atoms with van der Waals surface area (Å²) in [6.07, 6.45) is 1.48. The molecule has 1 aromatic carbocycles. The van der Waals surface area contributed by atoms with E-state index in [-0.39, 0.29) is 24.1 Å². The van der Waals surface area contributed by atoms with Gasteiger partial charge in [0, 0.05) is 25.2 Å². The molecule has 0 aliphatic carbocycles.